The van der Waals surface area contributed by atoms with Gasteiger partial charge in [-0.2, -0.15) is 0 Å². The molecule has 0 N–H and O–H groups in total. The maximum atomic E-state index is 5.76. The molecule has 31 heavy (non-hydrogen) atoms. The maximum Gasteiger partial charge on any atom is 0.190 e. The molecule has 0 aliphatic heterocycles. The second-order valence-electron chi connectivity index (χ2n) is 9.15. The van der Waals surface area contributed by atoms with E-state index in [9.17, 15) is 0 Å². The zero-order valence-electron chi connectivity index (χ0n) is 19.5. The average molecular weight is 559 g/mol. The Morgan fingerprint density at radius 1 is 0.226 bits per heavy atom. The summed E-state index contributed by atoms with van der Waals surface area (Å²) >= 11 is 34.6. The van der Waals surface area contributed by atoms with Crippen LogP contribution in [0.25, 0.3) is 0 Å². The Morgan fingerprint density at radius 2 is 0.355 bits per heavy atom. The van der Waals surface area contributed by atoms with Gasteiger partial charge in [-0.15, -0.1) is 0 Å². The lowest BCUT2D eigenvalue weighted by atomic mass is 10.0. The van der Waals surface area contributed by atoms with Gasteiger partial charge in [-0.3, -0.25) is 0 Å². The molecule has 0 radical (unpaired) electrons. The van der Waals surface area contributed by atoms with E-state index in [2.05, 4.69) is 0 Å². The Labute approximate surface area is 223 Å². The molecule has 0 atom stereocenters. The van der Waals surface area contributed by atoms with Crippen LogP contribution in [0.2, 0.25) is 0 Å². The van der Waals surface area contributed by atoms with Crippen molar-refractivity contribution < 1.29 is 0 Å². The van der Waals surface area contributed by atoms with Crippen molar-refractivity contribution in [2.24, 2.45) is 0 Å². The topological polar surface area (TPSA) is 0 Å². The van der Waals surface area contributed by atoms with Crippen LogP contribution in [0.1, 0.15) is 148 Å². The van der Waals surface area contributed by atoms with Gasteiger partial charge in [0.1, 0.15) is 0 Å². The third-order valence-electron chi connectivity index (χ3n) is 5.92. The Bertz CT molecular complexity index is 328. The first kappa shape index (κ1) is 32.7. The molecule has 0 aromatic carbocycles. The van der Waals surface area contributed by atoms with E-state index in [4.69, 9.17) is 69.6 Å². The number of hydrogen-bond acceptors (Lipinski definition) is 0. The smallest absolute Gasteiger partial charge is 0.0837 e. The lowest BCUT2D eigenvalue weighted by Gasteiger charge is -2.09. The first-order valence-electron chi connectivity index (χ1n) is 12.8. The molecule has 0 saturated carbocycles. The van der Waals surface area contributed by atoms with Crippen molar-refractivity contribution in [2.45, 2.75) is 155 Å². The van der Waals surface area contributed by atoms with E-state index < -0.39 is 7.59 Å². The van der Waals surface area contributed by atoms with Gasteiger partial charge in [0, 0.05) is 0 Å². The second-order valence-corrected chi connectivity index (χ2v) is 14.2. The first-order chi connectivity index (χ1) is 14.7. The van der Waals surface area contributed by atoms with E-state index in [0.717, 1.165) is 12.8 Å². The fourth-order valence-corrected chi connectivity index (χ4v) is 4.81. The highest BCUT2D eigenvalue weighted by Crippen LogP contribution is 2.33. The molecule has 0 bridgehead atoms. The van der Waals surface area contributed by atoms with Crippen LogP contribution >= 0.6 is 69.6 Å². The average Bonchev–Trinajstić information content (AvgIpc) is 2.67. The highest BCUT2D eigenvalue weighted by Gasteiger charge is 2.18. The van der Waals surface area contributed by atoms with Gasteiger partial charge < -0.3 is 0 Å². The van der Waals surface area contributed by atoms with Gasteiger partial charge in [0.2, 0.25) is 0 Å². The zero-order valence-corrected chi connectivity index (χ0v) is 24.1. The molecule has 188 valence electrons. The molecule has 0 aliphatic rings. The van der Waals surface area contributed by atoms with Crippen LogP contribution in [0, 0.1) is 0 Å². The van der Waals surface area contributed by atoms with E-state index in [1.54, 1.807) is 0 Å². The van der Waals surface area contributed by atoms with Gasteiger partial charge in [-0.1, -0.05) is 192 Å². The molecule has 0 unspecified atom stereocenters. The number of unbranched alkanes of at least 4 members (excludes halogenated alkanes) is 20. The molecule has 0 spiro atoms. The van der Waals surface area contributed by atoms with Crippen LogP contribution in [0.3, 0.4) is 0 Å². The number of alkyl halides is 6. The molecule has 0 nitrogen and oxygen atoms in total. The molecular formula is C25H46Cl6. The molecule has 0 rings (SSSR count). The summed E-state index contributed by atoms with van der Waals surface area (Å²) in [4.78, 5) is 0. The van der Waals surface area contributed by atoms with E-state index in [0.29, 0.717) is 12.8 Å². The van der Waals surface area contributed by atoms with Crippen LogP contribution < -0.4 is 0 Å². The Hall–Kier alpha value is 1.74. The fraction of sp³-hybridized carbons (Fsp3) is 1.00. The summed E-state index contributed by atoms with van der Waals surface area (Å²) in [7, 11) is 0. The van der Waals surface area contributed by atoms with Crippen molar-refractivity contribution in [3.8, 4) is 0 Å². The number of halogens is 6. The highest BCUT2D eigenvalue weighted by atomic mass is 35.6. The van der Waals surface area contributed by atoms with Crippen molar-refractivity contribution in [1.82, 2.24) is 0 Å². The maximum absolute atomic E-state index is 5.76. The summed E-state index contributed by atoms with van der Waals surface area (Å²) in [6.07, 6.45) is 29.2. The quantitative estimate of drug-likeness (QED) is 0.0915. The van der Waals surface area contributed by atoms with Crippen LogP contribution in [-0.2, 0) is 0 Å². The van der Waals surface area contributed by atoms with Crippen LogP contribution in [0.5, 0.6) is 0 Å². The largest absolute Gasteiger partial charge is 0.190 e. The SMILES string of the molecule is ClC(Cl)(Cl)CCCCCCCCCCCCCCCCCCCCCCCC(Cl)(Cl)Cl. The zero-order chi connectivity index (χ0) is 23.3. The molecule has 0 aromatic heterocycles. The lowest BCUT2D eigenvalue weighted by Crippen LogP contribution is -2.00. The molecule has 0 heterocycles. The summed E-state index contributed by atoms with van der Waals surface area (Å²) in [6, 6.07) is 0. The van der Waals surface area contributed by atoms with Gasteiger partial charge in [0.25, 0.3) is 0 Å². The fourth-order valence-electron chi connectivity index (χ4n) is 4.01. The highest BCUT2D eigenvalue weighted by molar-refractivity contribution is 6.67. The van der Waals surface area contributed by atoms with Gasteiger partial charge in [-0.05, 0) is 25.7 Å². The summed E-state index contributed by atoms with van der Waals surface area (Å²) in [5, 5.41) is 0. The third-order valence-corrected chi connectivity index (χ3v) is 7.05. The Morgan fingerprint density at radius 3 is 0.484 bits per heavy atom. The van der Waals surface area contributed by atoms with Crippen molar-refractivity contribution in [3.05, 3.63) is 0 Å². The van der Waals surface area contributed by atoms with Crippen molar-refractivity contribution in [1.29, 1.82) is 0 Å². The Balaban J connectivity index is 3.07. The first-order valence-corrected chi connectivity index (χ1v) is 15.1. The number of rotatable bonds is 22. The molecule has 0 saturated heterocycles. The van der Waals surface area contributed by atoms with Gasteiger partial charge in [0.15, 0.2) is 7.59 Å². The lowest BCUT2D eigenvalue weighted by molar-refractivity contribution is 0.518. The summed E-state index contributed by atoms with van der Waals surface area (Å²) in [6.45, 7) is 0. The van der Waals surface area contributed by atoms with Gasteiger partial charge >= 0.3 is 0 Å². The van der Waals surface area contributed by atoms with E-state index in [1.165, 1.54) is 122 Å². The van der Waals surface area contributed by atoms with E-state index >= 15 is 0 Å². The standard InChI is InChI=1S/C25H46Cl6/c26-24(27,28)22-20-18-16-14-12-10-8-6-4-2-1-3-5-7-9-11-13-15-17-19-21-23-25(29,30)31/h1-23H2. The van der Waals surface area contributed by atoms with Crippen molar-refractivity contribution >= 4 is 69.6 Å². The summed E-state index contributed by atoms with van der Waals surface area (Å²) in [5.41, 5.74) is 0. The number of hydrogen-bond donors (Lipinski definition) is 0. The molecular weight excluding hydrogens is 513 g/mol. The minimum atomic E-state index is -1.06. The third kappa shape index (κ3) is 31.7. The molecule has 0 aromatic rings. The molecule has 6 heteroatoms. The van der Waals surface area contributed by atoms with Gasteiger partial charge in [0.05, 0.1) is 0 Å². The van der Waals surface area contributed by atoms with Crippen molar-refractivity contribution in [2.75, 3.05) is 0 Å². The second kappa shape index (κ2) is 22.2. The molecule has 0 fully saturated rings. The Kier molecular flexibility index (Phi) is 23.5. The minimum Gasteiger partial charge on any atom is -0.0837 e. The molecule has 0 amide bonds. The predicted molar refractivity (Wildman–Crippen MR) is 147 cm³/mol. The van der Waals surface area contributed by atoms with Gasteiger partial charge in [-0.25, -0.2) is 0 Å². The summed E-state index contributed by atoms with van der Waals surface area (Å²) < 4.78 is -2.12. The van der Waals surface area contributed by atoms with E-state index in [1.807, 2.05) is 0 Å². The monoisotopic (exact) mass is 556 g/mol. The van der Waals surface area contributed by atoms with Crippen LogP contribution in [0.4, 0.5) is 0 Å². The van der Waals surface area contributed by atoms with Crippen LogP contribution in [-0.4, -0.2) is 7.59 Å². The molecule has 0 aliphatic carbocycles. The van der Waals surface area contributed by atoms with E-state index in [-0.39, 0.29) is 0 Å². The minimum absolute atomic E-state index is 0.680. The van der Waals surface area contributed by atoms with Crippen molar-refractivity contribution in [3.63, 3.8) is 0 Å². The predicted octanol–water partition coefficient (Wildman–Crippen LogP) is 12.7. The van der Waals surface area contributed by atoms with Crippen LogP contribution in [0.15, 0.2) is 0 Å². The summed E-state index contributed by atoms with van der Waals surface area (Å²) in [5.74, 6) is 0. The normalized spacial score (nSPS) is 12.6.